The number of hydrogen-bond donors (Lipinski definition) is 2. The summed E-state index contributed by atoms with van der Waals surface area (Å²) in [5, 5.41) is 9.32. The van der Waals surface area contributed by atoms with E-state index in [9.17, 15) is 9.18 Å². The van der Waals surface area contributed by atoms with E-state index in [1.54, 1.807) is 0 Å². The second-order valence-electron chi connectivity index (χ2n) is 3.91. The first-order chi connectivity index (χ1) is 9.43. The van der Waals surface area contributed by atoms with Gasteiger partial charge in [0.05, 0.1) is 18.5 Å². The maximum atomic E-state index is 13.8. The van der Waals surface area contributed by atoms with Crippen LogP contribution in [-0.4, -0.2) is 23.2 Å². The molecule has 0 bridgehead atoms. The lowest BCUT2D eigenvalue weighted by atomic mass is 10.1. The number of hydrogen-bond acceptors (Lipinski definition) is 4. The standard InChI is InChI=1S/C13H10ClFN2O3/c1-20-12-9(16)5-10(17-11(12)13(18)19)7-3-2-6(14)4-8(7)15/h2-5H,1H3,(H2,16,17)(H,18,19). The highest BCUT2D eigenvalue weighted by Gasteiger charge is 2.19. The van der Waals surface area contributed by atoms with Crippen molar-refractivity contribution in [3.63, 3.8) is 0 Å². The van der Waals surface area contributed by atoms with Crippen molar-refractivity contribution in [1.82, 2.24) is 4.98 Å². The highest BCUT2D eigenvalue weighted by Crippen LogP contribution is 2.31. The average molecular weight is 297 g/mol. The molecule has 0 fully saturated rings. The summed E-state index contributed by atoms with van der Waals surface area (Å²) >= 11 is 5.67. The molecule has 0 spiro atoms. The Hall–Kier alpha value is -2.34. The van der Waals surface area contributed by atoms with E-state index in [2.05, 4.69) is 4.98 Å². The lowest BCUT2D eigenvalue weighted by Crippen LogP contribution is -2.08. The van der Waals surface area contributed by atoms with Gasteiger partial charge in [-0.2, -0.15) is 0 Å². The number of pyridine rings is 1. The Morgan fingerprint density at radius 2 is 2.15 bits per heavy atom. The maximum absolute atomic E-state index is 13.8. The van der Waals surface area contributed by atoms with Crippen LogP contribution in [0.5, 0.6) is 5.75 Å². The molecule has 1 aromatic heterocycles. The molecule has 3 N–H and O–H groups in total. The Kier molecular flexibility index (Phi) is 3.76. The fraction of sp³-hybridized carbons (Fsp3) is 0.0769. The lowest BCUT2D eigenvalue weighted by Gasteiger charge is -2.11. The van der Waals surface area contributed by atoms with Crippen LogP contribution in [-0.2, 0) is 0 Å². The van der Waals surface area contributed by atoms with E-state index in [0.29, 0.717) is 0 Å². The number of anilines is 1. The molecule has 0 aliphatic rings. The first-order valence-corrected chi connectivity index (χ1v) is 5.85. The van der Waals surface area contributed by atoms with Crippen molar-refractivity contribution in [1.29, 1.82) is 0 Å². The van der Waals surface area contributed by atoms with Crippen LogP contribution < -0.4 is 10.5 Å². The monoisotopic (exact) mass is 296 g/mol. The van der Waals surface area contributed by atoms with Crippen LogP contribution in [0, 0.1) is 5.82 Å². The Bertz CT molecular complexity index is 692. The number of methoxy groups -OCH3 is 1. The molecule has 0 saturated carbocycles. The molecule has 0 amide bonds. The number of benzene rings is 1. The molecule has 7 heteroatoms. The van der Waals surface area contributed by atoms with Crippen molar-refractivity contribution in [3.8, 4) is 17.0 Å². The van der Waals surface area contributed by atoms with Crippen LogP contribution in [0.2, 0.25) is 5.02 Å². The van der Waals surface area contributed by atoms with Gasteiger partial charge in [-0.1, -0.05) is 11.6 Å². The van der Waals surface area contributed by atoms with Crippen LogP contribution in [0.25, 0.3) is 11.3 Å². The van der Waals surface area contributed by atoms with Crippen molar-refractivity contribution in [2.24, 2.45) is 0 Å². The average Bonchev–Trinajstić information content (AvgIpc) is 2.37. The summed E-state index contributed by atoms with van der Waals surface area (Å²) in [6.45, 7) is 0. The zero-order valence-corrected chi connectivity index (χ0v) is 11.1. The van der Waals surface area contributed by atoms with Crippen LogP contribution in [0.1, 0.15) is 10.5 Å². The third kappa shape index (κ3) is 2.50. The predicted molar refractivity (Wildman–Crippen MR) is 72.6 cm³/mol. The van der Waals surface area contributed by atoms with Crippen molar-refractivity contribution in [2.45, 2.75) is 0 Å². The van der Waals surface area contributed by atoms with Gasteiger partial charge in [-0.15, -0.1) is 0 Å². The number of halogens is 2. The van der Waals surface area contributed by atoms with Gasteiger partial charge >= 0.3 is 5.97 Å². The molecule has 104 valence electrons. The highest BCUT2D eigenvalue weighted by atomic mass is 35.5. The van der Waals surface area contributed by atoms with Gasteiger partial charge < -0.3 is 15.6 Å². The number of nitrogens with zero attached hydrogens (tertiary/aromatic N) is 1. The molecule has 0 saturated heterocycles. The summed E-state index contributed by atoms with van der Waals surface area (Å²) in [6.07, 6.45) is 0. The quantitative estimate of drug-likeness (QED) is 0.909. The third-order valence-corrected chi connectivity index (χ3v) is 2.85. The number of carbonyl (C=O) groups is 1. The van der Waals surface area contributed by atoms with E-state index < -0.39 is 11.8 Å². The number of nitrogen functional groups attached to an aromatic ring is 1. The molecule has 20 heavy (non-hydrogen) atoms. The zero-order chi connectivity index (χ0) is 14.9. The first kappa shape index (κ1) is 14.1. The minimum Gasteiger partial charge on any atom is -0.492 e. The third-order valence-electron chi connectivity index (χ3n) is 2.62. The van der Waals surface area contributed by atoms with E-state index in [4.69, 9.17) is 27.2 Å². The van der Waals surface area contributed by atoms with E-state index in [0.717, 1.165) is 6.07 Å². The number of carboxylic acid groups (broad SMARTS) is 1. The summed E-state index contributed by atoms with van der Waals surface area (Å²) in [5.74, 6) is -1.99. The van der Waals surface area contributed by atoms with Gasteiger partial charge in [0.2, 0.25) is 0 Å². The Labute approximate surface area is 118 Å². The number of aromatic carboxylic acids is 1. The summed E-state index contributed by atoms with van der Waals surface area (Å²) in [4.78, 5) is 15.0. The predicted octanol–water partition coefficient (Wildman–Crippen LogP) is 2.83. The van der Waals surface area contributed by atoms with E-state index in [1.807, 2.05) is 0 Å². The van der Waals surface area contributed by atoms with Crippen LogP contribution in [0.15, 0.2) is 24.3 Å². The van der Waals surface area contributed by atoms with E-state index in [1.165, 1.54) is 25.3 Å². The normalized spacial score (nSPS) is 10.3. The number of aromatic nitrogens is 1. The summed E-state index contributed by atoms with van der Waals surface area (Å²) in [6, 6.07) is 5.33. The smallest absolute Gasteiger partial charge is 0.358 e. The number of carboxylic acids is 1. The molecular formula is C13H10ClFN2O3. The molecule has 0 unspecified atom stereocenters. The van der Waals surface area contributed by atoms with Gasteiger partial charge in [0.15, 0.2) is 11.4 Å². The molecular weight excluding hydrogens is 287 g/mol. The van der Waals surface area contributed by atoms with Gasteiger partial charge in [-0.3, -0.25) is 0 Å². The molecule has 5 nitrogen and oxygen atoms in total. The molecule has 0 aliphatic carbocycles. The zero-order valence-electron chi connectivity index (χ0n) is 10.4. The van der Waals surface area contributed by atoms with E-state index in [-0.39, 0.29) is 33.4 Å². The Morgan fingerprint density at radius 3 is 2.70 bits per heavy atom. The van der Waals surface area contributed by atoms with Crippen LogP contribution >= 0.6 is 11.6 Å². The SMILES string of the molecule is COc1c(N)cc(-c2ccc(Cl)cc2F)nc1C(=O)O. The lowest BCUT2D eigenvalue weighted by molar-refractivity contribution is 0.0687. The second kappa shape index (κ2) is 5.34. The van der Waals surface area contributed by atoms with Crippen LogP contribution in [0.3, 0.4) is 0 Å². The van der Waals surface area contributed by atoms with Crippen molar-refractivity contribution in [2.75, 3.05) is 12.8 Å². The van der Waals surface area contributed by atoms with Gasteiger partial charge in [-0.05, 0) is 24.3 Å². The van der Waals surface area contributed by atoms with Gasteiger partial charge in [0, 0.05) is 10.6 Å². The maximum Gasteiger partial charge on any atom is 0.358 e. The fourth-order valence-corrected chi connectivity index (χ4v) is 1.91. The molecule has 0 atom stereocenters. The van der Waals surface area contributed by atoms with Crippen molar-refractivity contribution >= 4 is 23.3 Å². The van der Waals surface area contributed by atoms with E-state index >= 15 is 0 Å². The molecule has 0 radical (unpaired) electrons. The van der Waals surface area contributed by atoms with Gasteiger partial charge in [-0.25, -0.2) is 14.2 Å². The number of nitrogens with two attached hydrogens (primary N) is 1. The summed E-state index contributed by atoms with van der Waals surface area (Å²) in [5.41, 5.74) is 5.59. The molecule has 1 heterocycles. The Balaban J connectivity index is 2.66. The number of ether oxygens (including phenoxy) is 1. The first-order valence-electron chi connectivity index (χ1n) is 5.47. The van der Waals surface area contributed by atoms with Gasteiger partial charge in [0.25, 0.3) is 0 Å². The molecule has 2 rings (SSSR count). The number of rotatable bonds is 3. The van der Waals surface area contributed by atoms with Crippen molar-refractivity contribution in [3.05, 3.63) is 40.8 Å². The van der Waals surface area contributed by atoms with Gasteiger partial charge in [0.1, 0.15) is 5.82 Å². The van der Waals surface area contributed by atoms with Crippen molar-refractivity contribution < 1.29 is 19.0 Å². The van der Waals surface area contributed by atoms with Crippen LogP contribution in [0.4, 0.5) is 10.1 Å². The molecule has 1 aromatic carbocycles. The summed E-state index contributed by atoms with van der Waals surface area (Å²) in [7, 11) is 1.28. The summed E-state index contributed by atoms with van der Waals surface area (Å²) < 4.78 is 18.7. The molecule has 2 aromatic rings. The minimum atomic E-state index is -1.32. The fourth-order valence-electron chi connectivity index (χ4n) is 1.75. The Morgan fingerprint density at radius 1 is 1.45 bits per heavy atom. The largest absolute Gasteiger partial charge is 0.492 e. The topological polar surface area (TPSA) is 85.4 Å². The minimum absolute atomic E-state index is 0.0595. The second-order valence-corrected chi connectivity index (χ2v) is 4.34. The highest BCUT2D eigenvalue weighted by molar-refractivity contribution is 6.30. The molecule has 0 aliphatic heterocycles.